The Balaban J connectivity index is 1.38. The van der Waals surface area contributed by atoms with Gasteiger partial charge in [0.15, 0.2) is 0 Å². The van der Waals surface area contributed by atoms with Crippen molar-refractivity contribution in [2.75, 3.05) is 19.7 Å². The number of carbonyl (C=O) groups is 3. The van der Waals surface area contributed by atoms with E-state index in [0.29, 0.717) is 13.0 Å². The Kier molecular flexibility index (Phi) is 6.17. The van der Waals surface area contributed by atoms with E-state index >= 15 is 0 Å². The SMILES string of the molecule is CC[C@H](NC(=O)OCC1c2ccccc2-c2ccccc21)C(=O)N1C[C@@H](C)[C@H](C(=O)O)C1. The minimum absolute atomic E-state index is 0.0558. The number of fused-ring (bicyclic) bond motifs is 3. The third kappa shape index (κ3) is 4.07. The van der Waals surface area contributed by atoms with Crippen molar-refractivity contribution in [2.24, 2.45) is 11.8 Å². The van der Waals surface area contributed by atoms with Crippen molar-refractivity contribution in [3.63, 3.8) is 0 Å². The van der Waals surface area contributed by atoms with E-state index in [9.17, 15) is 19.5 Å². The van der Waals surface area contributed by atoms with Crippen LogP contribution in [0.15, 0.2) is 48.5 Å². The first-order valence-corrected chi connectivity index (χ1v) is 11.0. The number of nitrogens with one attached hydrogen (secondary N) is 1. The maximum absolute atomic E-state index is 12.9. The average Bonchev–Trinajstić information content (AvgIpc) is 3.34. The molecule has 3 atom stereocenters. The lowest BCUT2D eigenvalue weighted by atomic mass is 9.98. The van der Waals surface area contributed by atoms with Gasteiger partial charge < -0.3 is 20.1 Å². The molecule has 1 aliphatic carbocycles. The lowest BCUT2D eigenvalue weighted by Gasteiger charge is -2.23. The summed E-state index contributed by atoms with van der Waals surface area (Å²) in [4.78, 5) is 38.3. The molecule has 0 unspecified atom stereocenters. The maximum Gasteiger partial charge on any atom is 0.407 e. The van der Waals surface area contributed by atoms with Crippen LogP contribution in [0.5, 0.6) is 0 Å². The second-order valence-corrected chi connectivity index (χ2v) is 8.60. The van der Waals surface area contributed by atoms with Gasteiger partial charge in [0, 0.05) is 19.0 Å². The van der Waals surface area contributed by atoms with Crippen molar-refractivity contribution in [1.82, 2.24) is 10.2 Å². The molecule has 0 radical (unpaired) electrons. The molecule has 2 amide bonds. The van der Waals surface area contributed by atoms with Gasteiger partial charge in [-0.05, 0) is 34.6 Å². The van der Waals surface area contributed by atoms with Gasteiger partial charge in [0.25, 0.3) is 0 Å². The molecule has 2 N–H and O–H groups in total. The van der Waals surface area contributed by atoms with E-state index in [0.717, 1.165) is 22.3 Å². The molecule has 0 aromatic heterocycles. The zero-order valence-corrected chi connectivity index (χ0v) is 18.3. The highest BCUT2D eigenvalue weighted by atomic mass is 16.5. The number of carboxylic acids is 1. The predicted octanol–water partition coefficient (Wildman–Crippen LogP) is 3.48. The average molecular weight is 437 g/mol. The van der Waals surface area contributed by atoms with Crippen LogP contribution >= 0.6 is 0 Å². The summed E-state index contributed by atoms with van der Waals surface area (Å²) >= 11 is 0. The quantitative estimate of drug-likeness (QED) is 0.723. The Hall–Kier alpha value is -3.35. The Bertz CT molecular complexity index is 991. The minimum atomic E-state index is -0.898. The second kappa shape index (κ2) is 9.02. The summed E-state index contributed by atoms with van der Waals surface area (Å²) in [5.41, 5.74) is 4.54. The minimum Gasteiger partial charge on any atom is -0.481 e. The van der Waals surface area contributed by atoms with Gasteiger partial charge in [-0.25, -0.2) is 4.79 Å². The van der Waals surface area contributed by atoms with Crippen molar-refractivity contribution in [1.29, 1.82) is 0 Å². The summed E-state index contributed by atoms with van der Waals surface area (Å²) in [5, 5.41) is 12.0. The fraction of sp³-hybridized carbons (Fsp3) is 0.400. The van der Waals surface area contributed by atoms with E-state index in [2.05, 4.69) is 17.4 Å². The highest BCUT2D eigenvalue weighted by Gasteiger charge is 2.39. The largest absolute Gasteiger partial charge is 0.481 e. The van der Waals surface area contributed by atoms with Crippen molar-refractivity contribution in [3.8, 4) is 11.1 Å². The van der Waals surface area contributed by atoms with Gasteiger partial charge in [0.05, 0.1) is 5.92 Å². The fourth-order valence-corrected chi connectivity index (χ4v) is 4.81. The van der Waals surface area contributed by atoms with Crippen LogP contribution in [0.4, 0.5) is 4.79 Å². The summed E-state index contributed by atoms with van der Waals surface area (Å²) in [6.45, 7) is 4.34. The molecular weight excluding hydrogens is 408 g/mol. The lowest BCUT2D eigenvalue weighted by Crippen LogP contribution is -2.48. The number of ether oxygens (including phenoxy) is 1. The number of carboxylic acid groups (broad SMARTS) is 1. The van der Waals surface area contributed by atoms with Crippen molar-refractivity contribution in [2.45, 2.75) is 32.2 Å². The first-order valence-electron chi connectivity index (χ1n) is 11.0. The Labute approximate surface area is 187 Å². The third-order valence-electron chi connectivity index (χ3n) is 6.58. The van der Waals surface area contributed by atoms with Crippen molar-refractivity contribution in [3.05, 3.63) is 59.7 Å². The maximum atomic E-state index is 12.9. The third-order valence-corrected chi connectivity index (χ3v) is 6.58. The molecule has 1 saturated heterocycles. The summed E-state index contributed by atoms with van der Waals surface area (Å²) in [5.74, 6) is -1.92. The molecule has 4 rings (SSSR count). The van der Waals surface area contributed by atoms with Gasteiger partial charge in [-0.1, -0.05) is 62.4 Å². The van der Waals surface area contributed by atoms with E-state index in [1.165, 1.54) is 4.90 Å². The van der Waals surface area contributed by atoms with Crippen LogP contribution < -0.4 is 5.32 Å². The lowest BCUT2D eigenvalue weighted by molar-refractivity contribution is -0.142. The highest BCUT2D eigenvalue weighted by molar-refractivity contribution is 5.87. The molecule has 0 spiro atoms. The van der Waals surface area contributed by atoms with Gasteiger partial charge in [-0.15, -0.1) is 0 Å². The van der Waals surface area contributed by atoms with Crippen molar-refractivity contribution < 1.29 is 24.2 Å². The zero-order valence-electron chi connectivity index (χ0n) is 18.3. The summed E-state index contributed by atoms with van der Waals surface area (Å²) < 4.78 is 5.55. The number of aliphatic carboxylic acids is 1. The van der Waals surface area contributed by atoms with E-state index in [1.54, 1.807) is 6.92 Å². The van der Waals surface area contributed by atoms with E-state index in [1.807, 2.05) is 43.3 Å². The molecule has 2 aromatic carbocycles. The molecular formula is C25H28N2O5. The second-order valence-electron chi connectivity index (χ2n) is 8.60. The molecule has 1 fully saturated rings. The monoisotopic (exact) mass is 436 g/mol. The van der Waals surface area contributed by atoms with Crippen LogP contribution in [0.1, 0.15) is 37.3 Å². The number of benzene rings is 2. The van der Waals surface area contributed by atoms with Crippen LogP contribution in [0.3, 0.4) is 0 Å². The van der Waals surface area contributed by atoms with Crippen molar-refractivity contribution >= 4 is 18.0 Å². The number of hydrogen-bond acceptors (Lipinski definition) is 4. The molecule has 2 aliphatic rings. The Morgan fingerprint density at radius 3 is 2.19 bits per heavy atom. The number of likely N-dealkylation sites (tertiary alicyclic amines) is 1. The van der Waals surface area contributed by atoms with Crippen LogP contribution in [-0.2, 0) is 14.3 Å². The zero-order chi connectivity index (χ0) is 22.8. The molecule has 7 nitrogen and oxygen atoms in total. The van der Waals surface area contributed by atoms with E-state index in [4.69, 9.17) is 4.74 Å². The van der Waals surface area contributed by atoms with Gasteiger partial charge >= 0.3 is 12.1 Å². The fourth-order valence-electron chi connectivity index (χ4n) is 4.81. The molecule has 0 saturated carbocycles. The van der Waals surface area contributed by atoms with Crippen LogP contribution in [0.2, 0.25) is 0 Å². The van der Waals surface area contributed by atoms with Crippen LogP contribution in [0, 0.1) is 11.8 Å². The van der Waals surface area contributed by atoms with Gasteiger partial charge in [0.1, 0.15) is 12.6 Å². The smallest absolute Gasteiger partial charge is 0.407 e. The van der Waals surface area contributed by atoms with E-state index in [-0.39, 0.29) is 30.9 Å². The number of rotatable bonds is 6. The number of alkyl carbamates (subject to hydrolysis) is 1. The molecule has 32 heavy (non-hydrogen) atoms. The first kappa shape index (κ1) is 21.9. The standard InChI is InChI=1S/C25H28N2O5/c1-3-22(23(28)27-12-15(2)20(13-27)24(29)30)26-25(31)32-14-21-18-10-6-4-8-16(18)17-9-5-7-11-19(17)21/h4-11,15,20-22H,3,12-14H2,1-2H3,(H,26,31)(H,29,30)/t15-,20-,22+/m1/s1. The van der Waals surface area contributed by atoms with E-state index < -0.39 is 24.0 Å². The van der Waals surface area contributed by atoms with Gasteiger partial charge in [-0.2, -0.15) is 0 Å². The first-order chi connectivity index (χ1) is 15.4. The molecule has 1 heterocycles. The molecule has 168 valence electrons. The normalized spacial score (nSPS) is 20.4. The van der Waals surface area contributed by atoms with Crippen LogP contribution in [0.25, 0.3) is 11.1 Å². The molecule has 1 aliphatic heterocycles. The Morgan fingerprint density at radius 2 is 1.66 bits per heavy atom. The number of carbonyl (C=O) groups excluding carboxylic acids is 2. The topological polar surface area (TPSA) is 95.9 Å². The molecule has 0 bridgehead atoms. The molecule has 7 heteroatoms. The number of hydrogen-bond donors (Lipinski definition) is 2. The van der Waals surface area contributed by atoms with Gasteiger partial charge in [0.2, 0.25) is 5.91 Å². The van der Waals surface area contributed by atoms with Crippen LogP contribution in [-0.4, -0.2) is 53.7 Å². The Morgan fingerprint density at radius 1 is 1.06 bits per heavy atom. The number of nitrogens with zero attached hydrogens (tertiary/aromatic N) is 1. The molecule has 2 aromatic rings. The summed E-state index contributed by atoms with van der Waals surface area (Å²) in [6, 6.07) is 15.4. The summed E-state index contributed by atoms with van der Waals surface area (Å²) in [6.07, 6.45) is -0.250. The highest BCUT2D eigenvalue weighted by Crippen LogP contribution is 2.44. The predicted molar refractivity (Wildman–Crippen MR) is 119 cm³/mol. The van der Waals surface area contributed by atoms with Gasteiger partial charge in [-0.3, -0.25) is 9.59 Å². The number of amides is 2. The summed E-state index contributed by atoms with van der Waals surface area (Å²) in [7, 11) is 0.